The number of hydrogen-bond acceptors (Lipinski definition) is 2. The average Bonchev–Trinajstić information content (AvgIpc) is 2.28. The van der Waals surface area contributed by atoms with Crippen molar-refractivity contribution in [1.29, 1.82) is 0 Å². The van der Waals surface area contributed by atoms with E-state index in [0.29, 0.717) is 6.61 Å². The molecule has 16 heavy (non-hydrogen) atoms. The molecule has 0 aliphatic heterocycles. The summed E-state index contributed by atoms with van der Waals surface area (Å²) in [6.07, 6.45) is 9.55. The van der Waals surface area contributed by atoms with E-state index in [-0.39, 0.29) is 5.03 Å². The number of esters is 1. The van der Waals surface area contributed by atoms with E-state index in [1.165, 1.54) is 25.7 Å². The highest BCUT2D eigenvalue weighted by Gasteiger charge is 2.06. The standard InChI is InChI=1S/C13H23ClO2/c1-3-5-6-7-8-9-11-16-13(15)12(14)10-4-2/h10H,3-9,11H2,1-2H3. The van der Waals surface area contributed by atoms with Crippen LogP contribution in [0.15, 0.2) is 11.1 Å². The summed E-state index contributed by atoms with van der Waals surface area (Å²) in [5.41, 5.74) is 0. The van der Waals surface area contributed by atoms with Crippen LogP contribution in [-0.2, 0) is 9.53 Å². The van der Waals surface area contributed by atoms with Gasteiger partial charge in [0, 0.05) is 0 Å². The maximum absolute atomic E-state index is 11.2. The van der Waals surface area contributed by atoms with E-state index in [1.54, 1.807) is 6.08 Å². The molecule has 0 N–H and O–H groups in total. The molecule has 0 saturated heterocycles. The van der Waals surface area contributed by atoms with Crippen molar-refractivity contribution < 1.29 is 9.53 Å². The van der Waals surface area contributed by atoms with Gasteiger partial charge in [0.05, 0.1) is 6.61 Å². The molecule has 0 aromatic heterocycles. The molecule has 0 bridgehead atoms. The zero-order valence-electron chi connectivity index (χ0n) is 10.4. The Balaban J connectivity index is 3.38. The lowest BCUT2D eigenvalue weighted by Gasteiger charge is -2.03. The molecule has 0 rings (SSSR count). The molecule has 0 spiro atoms. The third-order valence-electron chi connectivity index (χ3n) is 2.31. The normalized spacial score (nSPS) is 11.6. The molecule has 3 heteroatoms. The first kappa shape index (κ1) is 15.5. The van der Waals surface area contributed by atoms with Crippen LogP contribution >= 0.6 is 11.6 Å². The third-order valence-corrected chi connectivity index (χ3v) is 2.62. The van der Waals surface area contributed by atoms with Crippen LogP contribution in [0.2, 0.25) is 0 Å². The highest BCUT2D eigenvalue weighted by Crippen LogP contribution is 2.08. The SMILES string of the molecule is CCC=C(Cl)C(=O)OCCCCCCCC. The summed E-state index contributed by atoms with van der Waals surface area (Å²) in [6.45, 7) is 4.62. The summed E-state index contributed by atoms with van der Waals surface area (Å²) in [5.74, 6) is -0.392. The van der Waals surface area contributed by atoms with Crippen LogP contribution in [0.3, 0.4) is 0 Å². The Morgan fingerprint density at radius 1 is 1.12 bits per heavy atom. The van der Waals surface area contributed by atoms with E-state index in [1.807, 2.05) is 6.92 Å². The van der Waals surface area contributed by atoms with E-state index in [0.717, 1.165) is 19.3 Å². The molecule has 0 saturated carbocycles. The molecule has 0 fully saturated rings. The number of hydrogen-bond donors (Lipinski definition) is 0. The van der Waals surface area contributed by atoms with Gasteiger partial charge < -0.3 is 4.74 Å². The van der Waals surface area contributed by atoms with Crippen molar-refractivity contribution in [3.05, 3.63) is 11.1 Å². The van der Waals surface area contributed by atoms with Crippen molar-refractivity contribution in [3.63, 3.8) is 0 Å². The molecule has 0 aliphatic carbocycles. The Bertz CT molecular complexity index is 212. The smallest absolute Gasteiger partial charge is 0.349 e. The molecule has 0 amide bonds. The summed E-state index contributed by atoms with van der Waals surface area (Å²) in [4.78, 5) is 11.2. The maximum atomic E-state index is 11.2. The van der Waals surface area contributed by atoms with Crippen molar-refractivity contribution in [2.24, 2.45) is 0 Å². The molecule has 94 valence electrons. The molecule has 0 aliphatic rings. The Labute approximate surface area is 104 Å². The van der Waals surface area contributed by atoms with Crippen molar-refractivity contribution >= 4 is 17.6 Å². The maximum Gasteiger partial charge on any atom is 0.349 e. The Kier molecular flexibility index (Phi) is 10.7. The van der Waals surface area contributed by atoms with E-state index < -0.39 is 5.97 Å². The average molecular weight is 247 g/mol. The molecule has 0 heterocycles. The fourth-order valence-electron chi connectivity index (χ4n) is 1.38. The Morgan fingerprint density at radius 3 is 2.38 bits per heavy atom. The van der Waals surface area contributed by atoms with E-state index >= 15 is 0 Å². The number of halogens is 1. The Hall–Kier alpha value is -0.500. The second-order valence-electron chi connectivity index (χ2n) is 3.86. The van der Waals surface area contributed by atoms with Crippen LogP contribution in [-0.4, -0.2) is 12.6 Å². The first-order valence-corrected chi connectivity index (χ1v) is 6.63. The van der Waals surface area contributed by atoms with Gasteiger partial charge in [-0.15, -0.1) is 0 Å². The van der Waals surface area contributed by atoms with Crippen LogP contribution < -0.4 is 0 Å². The van der Waals surface area contributed by atoms with Gasteiger partial charge in [-0.3, -0.25) is 0 Å². The van der Waals surface area contributed by atoms with Gasteiger partial charge >= 0.3 is 5.97 Å². The van der Waals surface area contributed by atoms with Gasteiger partial charge in [-0.1, -0.05) is 63.6 Å². The fraction of sp³-hybridized carbons (Fsp3) is 0.769. The van der Waals surface area contributed by atoms with Crippen LogP contribution in [0.4, 0.5) is 0 Å². The molecule has 0 aromatic carbocycles. The van der Waals surface area contributed by atoms with Gasteiger partial charge in [0.15, 0.2) is 0 Å². The van der Waals surface area contributed by atoms with Crippen LogP contribution in [0.25, 0.3) is 0 Å². The molecular weight excluding hydrogens is 224 g/mol. The highest BCUT2D eigenvalue weighted by molar-refractivity contribution is 6.41. The van der Waals surface area contributed by atoms with Crippen molar-refractivity contribution in [1.82, 2.24) is 0 Å². The first-order valence-electron chi connectivity index (χ1n) is 6.25. The molecule has 0 aromatic rings. The topological polar surface area (TPSA) is 26.3 Å². The summed E-state index contributed by atoms with van der Waals surface area (Å²) < 4.78 is 5.02. The first-order chi connectivity index (χ1) is 7.72. The second kappa shape index (κ2) is 11.0. The van der Waals surface area contributed by atoms with Gasteiger partial charge in [0.1, 0.15) is 5.03 Å². The Morgan fingerprint density at radius 2 is 1.75 bits per heavy atom. The summed E-state index contributed by atoms with van der Waals surface area (Å²) in [5, 5.41) is 0.202. The second-order valence-corrected chi connectivity index (χ2v) is 4.27. The minimum atomic E-state index is -0.392. The third kappa shape index (κ3) is 8.78. The molecule has 0 atom stereocenters. The van der Waals surface area contributed by atoms with Crippen molar-refractivity contribution in [3.8, 4) is 0 Å². The summed E-state index contributed by atoms with van der Waals surface area (Å²) in [7, 11) is 0. The predicted molar refractivity (Wildman–Crippen MR) is 68.6 cm³/mol. The van der Waals surface area contributed by atoms with Gasteiger partial charge in [-0.2, -0.15) is 0 Å². The molecule has 2 nitrogen and oxygen atoms in total. The number of ether oxygens (including phenoxy) is 1. The van der Waals surface area contributed by atoms with Gasteiger partial charge in [0.2, 0.25) is 0 Å². The number of unbranched alkanes of at least 4 members (excludes halogenated alkanes) is 5. The largest absolute Gasteiger partial charge is 0.461 e. The molecule has 0 radical (unpaired) electrons. The lowest BCUT2D eigenvalue weighted by molar-refractivity contribution is -0.138. The highest BCUT2D eigenvalue weighted by atomic mass is 35.5. The zero-order valence-corrected chi connectivity index (χ0v) is 11.2. The minimum absolute atomic E-state index is 0.202. The monoisotopic (exact) mass is 246 g/mol. The van der Waals surface area contributed by atoms with Crippen molar-refractivity contribution in [2.45, 2.75) is 58.8 Å². The van der Waals surface area contributed by atoms with E-state index in [2.05, 4.69) is 6.92 Å². The number of rotatable bonds is 9. The van der Waals surface area contributed by atoms with Gasteiger partial charge in [-0.05, 0) is 12.8 Å². The molecular formula is C13H23ClO2. The van der Waals surface area contributed by atoms with Crippen LogP contribution in [0.1, 0.15) is 58.8 Å². The number of carbonyl (C=O) groups is 1. The van der Waals surface area contributed by atoms with E-state index in [4.69, 9.17) is 16.3 Å². The van der Waals surface area contributed by atoms with Crippen LogP contribution in [0.5, 0.6) is 0 Å². The number of allylic oxidation sites excluding steroid dienone is 1. The number of carbonyl (C=O) groups excluding carboxylic acids is 1. The van der Waals surface area contributed by atoms with Crippen molar-refractivity contribution in [2.75, 3.05) is 6.61 Å². The summed E-state index contributed by atoms with van der Waals surface area (Å²) >= 11 is 5.70. The minimum Gasteiger partial charge on any atom is -0.461 e. The predicted octanol–water partition coefficient (Wildman–Crippen LogP) is 4.42. The fourth-order valence-corrected chi connectivity index (χ4v) is 1.59. The van der Waals surface area contributed by atoms with E-state index in [9.17, 15) is 4.79 Å². The molecule has 0 unspecified atom stereocenters. The lowest BCUT2D eigenvalue weighted by Crippen LogP contribution is -2.05. The quantitative estimate of drug-likeness (QED) is 0.342. The van der Waals surface area contributed by atoms with Crippen LogP contribution in [0, 0.1) is 0 Å². The van der Waals surface area contributed by atoms with Gasteiger partial charge in [-0.25, -0.2) is 4.79 Å². The summed E-state index contributed by atoms with van der Waals surface area (Å²) in [6, 6.07) is 0. The lowest BCUT2D eigenvalue weighted by atomic mass is 10.1. The van der Waals surface area contributed by atoms with Gasteiger partial charge in [0.25, 0.3) is 0 Å². The zero-order chi connectivity index (χ0) is 12.2.